The molecule has 0 spiro atoms. The molecule has 2 N–H and O–H groups in total. The summed E-state index contributed by atoms with van der Waals surface area (Å²) in [5.74, 6) is 0.790. The van der Waals surface area contributed by atoms with Crippen LogP contribution in [0.25, 0.3) is 0 Å². The van der Waals surface area contributed by atoms with E-state index in [0.717, 1.165) is 31.6 Å². The Morgan fingerprint density at radius 2 is 1.67 bits per heavy atom. The predicted molar refractivity (Wildman–Crippen MR) is 59.6 cm³/mol. The minimum Gasteiger partial charge on any atom is -0.494 e. The van der Waals surface area contributed by atoms with E-state index in [-0.39, 0.29) is 5.75 Å². The van der Waals surface area contributed by atoms with Gasteiger partial charge in [0.2, 0.25) is 0 Å². The van der Waals surface area contributed by atoms with Crippen LogP contribution in [0.2, 0.25) is 0 Å². The normalized spacial score (nSPS) is 10.2. The average molecular weight is 208 g/mol. The number of rotatable bonds is 7. The highest BCUT2D eigenvalue weighted by molar-refractivity contribution is 5.29. The maximum atomic E-state index is 10.8. The van der Waals surface area contributed by atoms with Crippen LogP contribution in [0, 0.1) is 0 Å². The zero-order valence-electron chi connectivity index (χ0n) is 8.95. The molecule has 0 aromatic heterocycles. The lowest BCUT2D eigenvalue weighted by molar-refractivity contribution is 0.303. The van der Waals surface area contributed by atoms with Crippen molar-refractivity contribution in [3.05, 3.63) is 24.3 Å². The first-order valence-electron chi connectivity index (χ1n) is 5.43. The second kappa shape index (κ2) is 7.12. The molecule has 0 heterocycles. The molecule has 0 bridgehead atoms. The van der Waals surface area contributed by atoms with Crippen LogP contribution in [-0.2, 0) is 5.11 Å². The molecular formula is C12H18NO2. The fourth-order valence-electron chi connectivity index (χ4n) is 1.33. The van der Waals surface area contributed by atoms with Crippen LogP contribution >= 0.6 is 0 Å². The van der Waals surface area contributed by atoms with E-state index in [2.05, 4.69) is 0 Å². The molecular weight excluding hydrogens is 190 g/mol. The van der Waals surface area contributed by atoms with Gasteiger partial charge in [0.15, 0.2) is 5.75 Å². The standard InChI is InChI=1S/C12H18NO2/c13-9-3-1-2-4-10-15-12-7-5-11(14)6-8-12/h5-8H,1-4,9-10,13H2. The van der Waals surface area contributed by atoms with E-state index >= 15 is 0 Å². The lowest BCUT2D eigenvalue weighted by Gasteiger charge is -2.05. The van der Waals surface area contributed by atoms with Crippen LogP contribution in [-0.4, -0.2) is 13.2 Å². The fraction of sp³-hybridized carbons (Fsp3) is 0.500. The van der Waals surface area contributed by atoms with Crippen molar-refractivity contribution >= 4 is 0 Å². The number of benzene rings is 1. The Hall–Kier alpha value is -1.22. The minimum atomic E-state index is 0.0188. The molecule has 3 heteroatoms. The number of hydrogen-bond donors (Lipinski definition) is 1. The van der Waals surface area contributed by atoms with Crippen LogP contribution < -0.4 is 10.5 Å². The van der Waals surface area contributed by atoms with E-state index in [9.17, 15) is 5.11 Å². The summed E-state index contributed by atoms with van der Waals surface area (Å²) in [4.78, 5) is 0. The molecule has 0 aliphatic carbocycles. The Morgan fingerprint density at radius 3 is 2.33 bits per heavy atom. The van der Waals surface area contributed by atoms with E-state index in [1.54, 1.807) is 12.1 Å². The van der Waals surface area contributed by atoms with Crippen LogP contribution in [0.5, 0.6) is 11.5 Å². The average Bonchev–Trinajstić information content (AvgIpc) is 2.26. The topological polar surface area (TPSA) is 55.1 Å². The number of unbranched alkanes of at least 4 members (excludes halogenated alkanes) is 3. The molecule has 1 aromatic carbocycles. The second-order valence-electron chi connectivity index (χ2n) is 3.52. The van der Waals surface area contributed by atoms with Gasteiger partial charge in [0.05, 0.1) is 6.61 Å². The van der Waals surface area contributed by atoms with Crippen molar-refractivity contribution < 1.29 is 9.84 Å². The van der Waals surface area contributed by atoms with Crippen molar-refractivity contribution in [3.63, 3.8) is 0 Å². The fourth-order valence-corrected chi connectivity index (χ4v) is 1.33. The second-order valence-corrected chi connectivity index (χ2v) is 3.52. The van der Waals surface area contributed by atoms with Gasteiger partial charge in [-0.2, -0.15) is 0 Å². The zero-order chi connectivity index (χ0) is 10.9. The minimum absolute atomic E-state index is 0.0188. The maximum absolute atomic E-state index is 10.8. The first-order valence-corrected chi connectivity index (χ1v) is 5.43. The summed E-state index contributed by atoms with van der Waals surface area (Å²) in [5.41, 5.74) is 5.39. The summed E-state index contributed by atoms with van der Waals surface area (Å²) in [6.45, 7) is 1.48. The third kappa shape index (κ3) is 5.27. The predicted octanol–water partition coefficient (Wildman–Crippen LogP) is 2.73. The quantitative estimate of drug-likeness (QED) is 0.700. The van der Waals surface area contributed by atoms with Crippen molar-refractivity contribution in [2.24, 2.45) is 5.73 Å². The Bertz CT molecular complexity index is 259. The van der Waals surface area contributed by atoms with E-state index in [1.165, 1.54) is 18.6 Å². The molecule has 1 radical (unpaired) electrons. The first-order chi connectivity index (χ1) is 7.33. The molecule has 0 unspecified atom stereocenters. The largest absolute Gasteiger partial charge is 0.494 e. The van der Waals surface area contributed by atoms with Gasteiger partial charge in [-0.3, -0.25) is 5.11 Å². The van der Waals surface area contributed by atoms with E-state index < -0.39 is 0 Å². The van der Waals surface area contributed by atoms with E-state index in [1.807, 2.05) is 0 Å². The van der Waals surface area contributed by atoms with Gasteiger partial charge in [-0.1, -0.05) is 12.8 Å². The molecule has 0 amide bonds. The number of nitrogens with two attached hydrogens (primary N) is 1. The summed E-state index contributed by atoms with van der Waals surface area (Å²) in [6, 6.07) is 6.46. The van der Waals surface area contributed by atoms with Gasteiger partial charge in [-0.25, -0.2) is 0 Å². The van der Waals surface area contributed by atoms with Gasteiger partial charge in [0.25, 0.3) is 0 Å². The number of ether oxygens (including phenoxy) is 1. The van der Waals surface area contributed by atoms with Gasteiger partial charge in [0.1, 0.15) is 5.75 Å². The van der Waals surface area contributed by atoms with Gasteiger partial charge in [0, 0.05) is 0 Å². The van der Waals surface area contributed by atoms with Crippen LogP contribution in [0.3, 0.4) is 0 Å². The Labute approximate surface area is 90.9 Å². The molecule has 83 valence electrons. The molecule has 15 heavy (non-hydrogen) atoms. The molecule has 1 aromatic rings. The highest BCUT2D eigenvalue weighted by Crippen LogP contribution is 2.16. The number of hydrogen-bond acceptors (Lipinski definition) is 2. The van der Waals surface area contributed by atoms with Crippen molar-refractivity contribution in [1.82, 2.24) is 0 Å². The molecule has 0 fully saturated rings. The Morgan fingerprint density at radius 1 is 1.00 bits per heavy atom. The van der Waals surface area contributed by atoms with E-state index in [0.29, 0.717) is 6.61 Å². The van der Waals surface area contributed by atoms with E-state index in [4.69, 9.17) is 10.5 Å². The Kier molecular flexibility index (Phi) is 5.63. The maximum Gasteiger partial charge on any atom is 0.178 e. The lowest BCUT2D eigenvalue weighted by Crippen LogP contribution is -2.00. The molecule has 0 atom stereocenters. The molecule has 0 aliphatic rings. The van der Waals surface area contributed by atoms with Crippen LogP contribution in [0.1, 0.15) is 25.7 Å². The van der Waals surface area contributed by atoms with Crippen molar-refractivity contribution in [3.8, 4) is 11.5 Å². The molecule has 0 aliphatic heterocycles. The molecule has 0 saturated carbocycles. The summed E-state index contributed by atoms with van der Waals surface area (Å²) in [5, 5.41) is 10.8. The summed E-state index contributed by atoms with van der Waals surface area (Å²) in [6.07, 6.45) is 4.44. The third-order valence-electron chi connectivity index (χ3n) is 2.19. The van der Waals surface area contributed by atoms with Gasteiger partial charge in [-0.05, 0) is 43.7 Å². The van der Waals surface area contributed by atoms with Crippen LogP contribution in [0.15, 0.2) is 24.3 Å². The van der Waals surface area contributed by atoms with Crippen molar-refractivity contribution in [2.45, 2.75) is 25.7 Å². The summed E-state index contributed by atoms with van der Waals surface area (Å²) >= 11 is 0. The summed E-state index contributed by atoms with van der Waals surface area (Å²) in [7, 11) is 0. The SMILES string of the molecule is NCCCCCCOc1ccc([O])cc1. The van der Waals surface area contributed by atoms with Crippen molar-refractivity contribution in [2.75, 3.05) is 13.2 Å². The lowest BCUT2D eigenvalue weighted by atomic mass is 10.2. The van der Waals surface area contributed by atoms with Crippen molar-refractivity contribution in [1.29, 1.82) is 0 Å². The zero-order valence-corrected chi connectivity index (χ0v) is 8.95. The third-order valence-corrected chi connectivity index (χ3v) is 2.19. The Balaban J connectivity index is 2.07. The highest BCUT2D eigenvalue weighted by atomic mass is 16.5. The van der Waals surface area contributed by atoms with Gasteiger partial charge in [-0.15, -0.1) is 0 Å². The smallest absolute Gasteiger partial charge is 0.178 e. The molecule has 1 rings (SSSR count). The van der Waals surface area contributed by atoms with Gasteiger partial charge < -0.3 is 10.5 Å². The van der Waals surface area contributed by atoms with Crippen LogP contribution in [0.4, 0.5) is 0 Å². The summed E-state index contributed by atoms with van der Waals surface area (Å²) < 4.78 is 5.47. The first kappa shape index (κ1) is 11.9. The van der Waals surface area contributed by atoms with Gasteiger partial charge >= 0.3 is 0 Å². The molecule has 3 nitrogen and oxygen atoms in total. The highest BCUT2D eigenvalue weighted by Gasteiger charge is 1.95. The monoisotopic (exact) mass is 208 g/mol. The molecule has 0 saturated heterocycles.